The minimum absolute atomic E-state index is 0.0217. The maximum atomic E-state index is 13.0. The van der Waals surface area contributed by atoms with Crippen molar-refractivity contribution in [3.05, 3.63) is 54.1 Å². The number of halogens is 3. The van der Waals surface area contributed by atoms with Crippen LogP contribution < -0.4 is 10.1 Å². The molecule has 0 saturated heterocycles. The lowest BCUT2D eigenvalue weighted by Crippen LogP contribution is -2.11. The highest BCUT2D eigenvalue weighted by Crippen LogP contribution is 2.31. The van der Waals surface area contributed by atoms with E-state index in [-0.39, 0.29) is 11.9 Å². The van der Waals surface area contributed by atoms with Gasteiger partial charge in [-0.25, -0.2) is 4.68 Å². The Hall–Kier alpha value is -3.36. The minimum Gasteiger partial charge on any atom is -0.466 e. The Morgan fingerprint density at radius 1 is 0.846 bits per heavy atom. The molecule has 0 bridgehead atoms. The van der Waals surface area contributed by atoms with Crippen LogP contribution in [0.25, 0.3) is 17.1 Å². The van der Waals surface area contributed by atoms with Crippen LogP contribution in [0.5, 0.6) is 6.01 Å². The molecule has 212 valence electrons. The molecule has 0 radical (unpaired) electrons. The molecule has 39 heavy (non-hydrogen) atoms. The van der Waals surface area contributed by atoms with Crippen LogP contribution in [-0.4, -0.2) is 27.8 Å². The molecule has 9 heteroatoms. The number of alkyl halides is 3. The van der Waals surface area contributed by atoms with Crippen LogP contribution in [-0.2, 0) is 11.0 Å². The van der Waals surface area contributed by atoms with E-state index in [0.29, 0.717) is 29.2 Å². The average molecular weight is 545 g/mol. The Morgan fingerprint density at radius 3 is 1.95 bits per heavy atom. The van der Waals surface area contributed by atoms with Gasteiger partial charge in [0.2, 0.25) is 5.91 Å². The second-order valence-corrected chi connectivity index (χ2v) is 9.79. The molecule has 0 saturated carbocycles. The summed E-state index contributed by atoms with van der Waals surface area (Å²) < 4.78 is 45.5. The fraction of sp³-hybridized carbons (Fsp3) is 0.500. The molecule has 0 unspecified atom stereocenters. The number of ether oxygens (including phenoxy) is 1. The van der Waals surface area contributed by atoms with E-state index < -0.39 is 11.7 Å². The van der Waals surface area contributed by atoms with E-state index >= 15 is 0 Å². The van der Waals surface area contributed by atoms with Gasteiger partial charge in [0, 0.05) is 17.7 Å². The molecular weight excluding hydrogens is 505 g/mol. The van der Waals surface area contributed by atoms with Crippen LogP contribution in [0.3, 0.4) is 0 Å². The highest BCUT2D eigenvalue weighted by Gasteiger charge is 2.30. The van der Waals surface area contributed by atoms with E-state index in [0.717, 1.165) is 25.0 Å². The number of carbonyl (C=O) groups excluding carboxylic acids is 1. The molecule has 1 amide bonds. The van der Waals surface area contributed by atoms with E-state index in [1.54, 1.807) is 24.3 Å². The predicted molar refractivity (Wildman–Crippen MR) is 148 cm³/mol. The minimum atomic E-state index is -4.42. The van der Waals surface area contributed by atoms with Gasteiger partial charge in [0.05, 0.1) is 18.4 Å². The summed E-state index contributed by atoms with van der Waals surface area (Å²) in [5, 5.41) is 7.23. The van der Waals surface area contributed by atoms with Gasteiger partial charge in [-0.1, -0.05) is 83.3 Å². The number of methoxy groups -OCH3 is 1. The maximum Gasteiger partial charge on any atom is 0.416 e. The summed E-state index contributed by atoms with van der Waals surface area (Å²) in [5.74, 6) is 0.320. The van der Waals surface area contributed by atoms with E-state index in [1.165, 1.54) is 81.7 Å². The number of carbonyl (C=O) groups is 1. The second-order valence-electron chi connectivity index (χ2n) is 9.79. The van der Waals surface area contributed by atoms with Gasteiger partial charge >= 0.3 is 12.2 Å². The summed E-state index contributed by atoms with van der Waals surface area (Å²) in [6, 6.07) is 11.9. The first-order valence-electron chi connectivity index (χ1n) is 13.9. The molecule has 0 aliphatic rings. The number of nitrogens with zero attached hydrogens (tertiary/aromatic N) is 3. The van der Waals surface area contributed by atoms with Crippen molar-refractivity contribution in [2.24, 2.45) is 0 Å². The first kappa shape index (κ1) is 30.2. The highest BCUT2D eigenvalue weighted by atomic mass is 19.4. The van der Waals surface area contributed by atoms with Crippen LogP contribution >= 0.6 is 0 Å². The van der Waals surface area contributed by atoms with Gasteiger partial charge in [-0.15, -0.1) is 5.10 Å². The smallest absolute Gasteiger partial charge is 0.416 e. The molecule has 0 aliphatic heterocycles. The predicted octanol–water partition coefficient (Wildman–Crippen LogP) is 8.60. The Balaban J connectivity index is 1.48. The van der Waals surface area contributed by atoms with Gasteiger partial charge in [-0.2, -0.15) is 18.2 Å². The third-order valence-corrected chi connectivity index (χ3v) is 6.64. The number of unbranched alkanes of at least 4 members (excludes halogenated alkanes) is 10. The zero-order valence-electron chi connectivity index (χ0n) is 22.9. The Morgan fingerprint density at radius 2 is 1.41 bits per heavy atom. The van der Waals surface area contributed by atoms with Gasteiger partial charge in [0.1, 0.15) is 0 Å². The van der Waals surface area contributed by atoms with Crippen LogP contribution in [0.4, 0.5) is 18.9 Å². The molecule has 2 aromatic carbocycles. The zero-order chi connectivity index (χ0) is 28.1. The quantitative estimate of drug-likeness (QED) is 0.183. The van der Waals surface area contributed by atoms with Crippen LogP contribution in [0.1, 0.15) is 89.5 Å². The van der Waals surface area contributed by atoms with Crippen molar-refractivity contribution in [3.63, 3.8) is 0 Å². The molecule has 1 aromatic heterocycles. The van der Waals surface area contributed by atoms with Gasteiger partial charge in [-0.05, 0) is 42.8 Å². The zero-order valence-corrected chi connectivity index (χ0v) is 22.9. The monoisotopic (exact) mass is 544 g/mol. The molecule has 1 heterocycles. The SMILES string of the molecule is CCCCCCCCCCCCCC(=O)Nc1ccc(-n2nc(OC)nc2-c2ccc(C(F)(F)F)cc2)cc1. The van der Waals surface area contributed by atoms with Gasteiger partial charge < -0.3 is 10.1 Å². The number of amides is 1. The summed E-state index contributed by atoms with van der Waals surface area (Å²) in [4.78, 5) is 16.7. The van der Waals surface area contributed by atoms with Crippen LogP contribution in [0, 0.1) is 0 Å². The fourth-order valence-corrected chi connectivity index (χ4v) is 4.41. The number of anilines is 1. The third kappa shape index (κ3) is 9.71. The molecule has 0 fully saturated rings. The molecule has 0 spiro atoms. The number of rotatable bonds is 16. The first-order chi connectivity index (χ1) is 18.8. The molecule has 1 N–H and O–H groups in total. The number of hydrogen-bond acceptors (Lipinski definition) is 4. The molecule has 6 nitrogen and oxygen atoms in total. The van der Waals surface area contributed by atoms with Crippen molar-refractivity contribution in [2.45, 2.75) is 90.1 Å². The van der Waals surface area contributed by atoms with E-state index in [4.69, 9.17) is 4.74 Å². The number of hydrogen-bond donors (Lipinski definition) is 1. The van der Waals surface area contributed by atoms with Crippen molar-refractivity contribution < 1.29 is 22.7 Å². The third-order valence-electron chi connectivity index (χ3n) is 6.64. The number of nitrogens with one attached hydrogen (secondary N) is 1. The van der Waals surface area contributed by atoms with E-state index in [9.17, 15) is 18.0 Å². The first-order valence-corrected chi connectivity index (χ1v) is 13.9. The van der Waals surface area contributed by atoms with E-state index in [2.05, 4.69) is 22.3 Å². The lowest BCUT2D eigenvalue weighted by molar-refractivity contribution is -0.137. The van der Waals surface area contributed by atoms with E-state index in [1.807, 2.05) is 0 Å². The largest absolute Gasteiger partial charge is 0.466 e. The Bertz CT molecular complexity index is 1140. The molecular formula is C30H39F3N4O2. The van der Waals surface area contributed by atoms with Crippen LogP contribution in [0.2, 0.25) is 0 Å². The van der Waals surface area contributed by atoms with Crippen molar-refractivity contribution in [3.8, 4) is 23.1 Å². The van der Waals surface area contributed by atoms with Crippen molar-refractivity contribution in [1.82, 2.24) is 14.8 Å². The topological polar surface area (TPSA) is 69.0 Å². The second kappa shape index (κ2) is 15.3. The van der Waals surface area contributed by atoms with Crippen molar-refractivity contribution in [1.29, 1.82) is 0 Å². The van der Waals surface area contributed by atoms with Gasteiger partial charge in [0.25, 0.3) is 0 Å². The standard InChI is InChI=1S/C30H39F3N4O2/c1-3-4-5-6-7-8-9-10-11-12-13-14-27(38)34-25-19-21-26(22-20-25)37-28(35-29(36-37)39-2)23-15-17-24(18-16-23)30(31,32)33/h15-22H,3-14H2,1-2H3,(H,34,38). The summed E-state index contributed by atoms with van der Waals surface area (Å²) in [6.07, 6.45) is 9.65. The average Bonchev–Trinajstić information content (AvgIpc) is 3.36. The maximum absolute atomic E-state index is 13.0. The Kier molecular flexibility index (Phi) is 11.8. The summed E-state index contributed by atoms with van der Waals surface area (Å²) >= 11 is 0. The van der Waals surface area contributed by atoms with Crippen molar-refractivity contribution in [2.75, 3.05) is 12.4 Å². The van der Waals surface area contributed by atoms with Crippen molar-refractivity contribution >= 4 is 11.6 Å². The fourth-order valence-electron chi connectivity index (χ4n) is 4.41. The number of benzene rings is 2. The van der Waals surface area contributed by atoms with Crippen LogP contribution in [0.15, 0.2) is 48.5 Å². The lowest BCUT2D eigenvalue weighted by atomic mass is 10.1. The molecule has 0 atom stereocenters. The summed E-state index contributed by atoms with van der Waals surface area (Å²) in [6.45, 7) is 2.24. The van der Waals surface area contributed by atoms with Gasteiger partial charge in [0.15, 0.2) is 5.82 Å². The highest BCUT2D eigenvalue weighted by molar-refractivity contribution is 5.90. The summed E-state index contributed by atoms with van der Waals surface area (Å²) in [7, 11) is 1.42. The number of aromatic nitrogens is 3. The Labute approximate surface area is 229 Å². The molecule has 0 aliphatic carbocycles. The lowest BCUT2D eigenvalue weighted by Gasteiger charge is -2.10. The molecule has 3 aromatic rings. The normalized spacial score (nSPS) is 11.5. The summed E-state index contributed by atoms with van der Waals surface area (Å²) in [5.41, 5.74) is 1.01. The van der Waals surface area contributed by atoms with Gasteiger partial charge in [-0.3, -0.25) is 4.79 Å². The molecule has 3 rings (SSSR count).